The van der Waals surface area contributed by atoms with E-state index in [0.717, 1.165) is 28.1 Å². The molecule has 0 spiro atoms. The Hall–Kier alpha value is -5.44. The molecule has 0 atom stereocenters. The molecule has 1 aliphatic rings. The van der Waals surface area contributed by atoms with Crippen LogP contribution < -0.4 is 32.2 Å². The van der Waals surface area contributed by atoms with E-state index in [2.05, 4.69) is 15.0 Å². The first-order valence-electron chi connectivity index (χ1n) is 15.5. The Bertz CT molecular complexity index is 2530. The maximum absolute atomic E-state index is 12.5. The molecular weight excluding hydrogens is 678 g/mol. The zero-order chi connectivity index (χ0) is 34.6. The summed E-state index contributed by atoms with van der Waals surface area (Å²) in [5, 5.41) is 0. The molecule has 7 aromatic rings. The van der Waals surface area contributed by atoms with Crippen molar-refractivity contribution in [3.63, 3.8) is 0 Å². The minimum Gasteiger partial charge on any atom is -0.435 e. The normalized spacial score (nSPS) is 12.1. The van der Waals surface area contributed by atoms with Gasteiger partial charge in [-0.1, -0.05) is 109 Å². The summed E-state index contributed by atoms with van der Waals surface area (Å²) in [7, 11) is -7.80. The van der Waals surface area contributed by atoms with Crippen molar-refractivity contribution in [3.05, 3.63) is 169 Å². The molecule has 0 saturated carbocycles. The molecule has 0 aliphatic carbocycles. The van der Waals surface area contributed by atoms with Gasteiger partial charge in [0.1, 0.15) is 21.3 Å². The molecule has 0 bridgehead atoms. The van der Waals surface area contributed by atoms with Crippen molar-refractivity contribution >= 4 is 42.7 Å². The van der Waals surface area contributed by atoms with E-state index >= 15 is 0 Å². The Morgan fingerprint density at radius 3 is 1.61 bits per heavy atom. The molecule has 6 aromatic carbocycles. The zero-order valence-corrected chi connectivity index (χ0v) is 29.0. The zero-order valence-electron chi connectivity index (χ0n) is 27.3. The second-order valence-corrected chi connectivity index (χ2v) is 14.2. The summed E-state index contributed by atoms with van der Waals surface area (Å²) in [6, 6.07) is 45.8. The summed E-state index contributed by atoms with van der Waals surface area (Å²) >= 11 is 0. The van der Waals surface area contributed by atoms with Gasteiger partial charge in [0.05, 0.1) is 11.4 Å². The van der Waals surface area contributed by atoms with Gasteiger partial charge < -0.3 is 18.3 Å². The van der Waals surface area contributed by atoms with E-state index < -0.39 is 20.2 Å². The van der Waals surface area contributed by atoms with Gasteiger partial charge in [-0.15, -0.1) is 0 Å². The van der Waals surface area contributed by atoms with Gasteiger partial charge >= 0.3 is 39.1 Å². The van der Waals surface area contributed by atoms with Crippen molar-refractivity contribution in [2.45, 2.75) is 16.2 Å². The van der Waals surface area contributed by atoms with Crippen LogP contribution in [0.5, 0.6) is 11.5 Å². The second-order valence-electron chi connectivity index (χ2n) is 11.2. The summed E-state index contributed by atoms with van der Waals surface area (Å²) in [6.07, 6.45) is 0.605. The number of benzene rings is 6. The van der Waals surface area contributed by atoms with E-state index in [1.54, 1.807) is 78.9 Å². The summed E-state index contributed by atoms with van der Waals surface area (Å²) in [4.78, 5) is 13.7. The van der Waals surface area contributed by atoms with Crippen LogP contribution in [0.25, 0.3) is 22.4 Å². The molecule has 0 radical (unpaired) electrons. The molecule has 12 heteroatoms. The largest absolute Gasteiger partial charge is 1.00 e. The summed E-state index contributed by atoms with van der Waals surface area (Å²) in [5.74, 6) is 1.12. The van der Waals surface area contributed by atoms with E-state index in [-0.39, 0.29) is 34.4 Å². The smallest absolute Gasteiger partial charge is 0.435 e. The first-order valence-corrected chi connectivity index (χ1v) is 18.3. The van der Waals surface area contributed by atoms with Gasteiger partial charge in [0.25, 0.3) is 0 Å². The number of aromatic nitrogens is 2. The van der Waals surface area contributed by atoms with Crippen molar-refractivity contribution in [3.8, 4) is 22.9 Å². The van der Waals surface area contributed by atoms with E-state index in [1.165, 1.54) is 18.2 Å². The number of hydrogen-bond acceptors (Lipinski definition) is 8. The Kier molecular flexibility index (Phi) is 10.6. The topological polar surface area (TPSA) is 126 Å². The average molecular weight is 706 g/mol. The summed E-state index contributed by atoms with van der Waals surface area (Å²) in [5.41, 5.74) is 5.70. The van der Waals surface area contributed by atoms with Crippen molar-refractivity contribution in [2.75, 3.05) is 0 Å². The molecule has 0 unspecified atom stereocenters. The molecule has 2 heterocycles. The predicted molar refractivity (Wildman–Crippen MR) is 192 cm³/mol. The van der Waals surface area contributed by atoms with Crippen LogP contribution in [-0.4, -0.2) is 27.5 Å². The number of imidazole rings is 1. The van der Waals surface area contributed by atoms with E-state index in [4.69, 9.17) is 8.37 Å². The molecule has 0 fully saturated rings. The quantitative estimate of drug-likeness (QED) is 0.164. The Labute approximate surface area is 308 Å². The van der Waals surface area contributed by atoms with Gasteiger partial charge in [-0.3, -0.25) is 4.99 Å². The maximum Gasteiger partial charge on any atom is 1.00 e. The standard InChI is InChI=1S/C20H15NO3S.C19H13N2O3S.Li/c22-25(23,24-17-9-5-2-6-10-17)18-11-12-19-16(13-18)14-20(21-19)15-7-3-1-4-8-15;22-25(23,24-15-9-5-2-6-10-15)16-11-12-17-18(13-16)21-19(20-17)14-7-3-1-4-8-14;/h1-13H,14H2;1-13H;/q;-1;+1. The summed E-state index contributed by atoms with van der Waals surface area (Å²) in [6.45, 7) is 0. The fourth-order valence-electron chi connectivity index (χ4n) is 5.24. The number of para-hydroxylation sites is 2. The van der Waals surface area contributed by atoms with Crippen LogP contribution in [0.1, 0.15) is 11.1 Å². The van der Waals surface area contributed by atoms with Gasteiger partial charge in [-0.2, -0.15) is 16.8 Å². The third-order valence-corrected chi connectivity index (χ3v) is 10.2. The Balaban J connectivity index is 0.000000172. The van der Waals surface area contributed by atoms with Crippen LogP contribution in [-0.2, 0) is 26.7 Å². The van der Waals surface area contributed by atoms with Gasteiger partial charge in [0.15, 0.2) is 0 Å². The first kappa shape index (κ1) is 35.4. The molecular formula is C39H28LiN3O6S2. The van der Waals surface area contributed by atoms with Gasteiger partial charge in [0, 0.05) is 6.42 Å². The number of fused-ring (bicyclic) bond motifs is 2. The fourth-order valence-corrected chi connectivity index (χ4v) is 7.18. The monoisotopic (exact) mass is 705 g/mol. The minimum atomic E-state index is -3.93. The Morgan fingerprint density at radius 1 is 0.549 bits per heavy atom. The third kappa shape index (κ3) is 8.31. The fraction of sp³-hybridized carbons (Fsp3) is 0.0256. The SMILES string of the molecule is O=S(=O)(Oc1ccccc1)c1ccc2c(c1)CC(c1ccccc1)=N2.O=S(=O)(Oc1ccccc1)c1ccc2nc(-c3ccccc3)[n-]c2c1.[Li+]. The average Bonchev–Trinajstić information content (AvgIpc) is 3.77. The van der Waals surface area contributed by atoms with E-state index in [0.29, 0.717) is 29.0 Å². The molecule has 9 nitrogen and oxygen atoms in total. The third-order valence-electron chi connectivity index (χ3n) is 7.68. The van der Waals surface area contributed by atoms with Crippen LogP contribution in [0.15, 0.2) is 173 Å². The van der Waals surface area contributed by atoms with Crippen LogP contribution in [0, 0.1) is 0 Å². The number of hydrogen-bond donors (Lipinski definition) is 0. The van der Waals surface area contributed by atoms with Crippen molar-refractivity contribution in [1.29, 1.82) is 0 Å². The molecule has 248 valence electrons. The van der Waals surface area contributed by atoms with E-state index in [1.807, 2.05) is 60.7 Å². The number of rotatable bonds is 8. The van der Waals surface area contributed by atoms with Gasteiger partial charge in [-0.05, 0) is 82.3 Å². The van der Waals surface area contributed by atoms with Crippen molar-refractivity contribution in [1.82, 2.24) is 9.97 Å². The molecule has 1 aromatic heterocycles. The minimum absolute atomic E-state index is 0. The van der Waals surface area contributed by atoms with Crippen LogP contribution in [0.2, 0.25) is 0 Å². The summed E-state index contributed by atoms with van der Waals surface area (Å²) < 4.78 is 60.2. The molecule has 1 aliphatic heterocycles. The predicted octanol–water partition coefficient (Wildman–Crippen LogP) is 4.76. The van der Waals surface area contributed by atoms with Crippen LogP contribution in [0.4, 0.5) is 5.69 Å². The molecule has 0 saturated heterocycles. The second kappa shape index (κ2) is 15.2. The van der Waals surface area contributed by atoms with Gasteiger partial charge in [-0.25, -0.2) is 0 Å². The molecule has 0 amide bonds. The van der Waals surface area contributed by atoms with Crippen molar-refractivity contribution < 1.29 is 44.1 Å². The molecule has 0 N–H and O–H groups in total. The molecule has 8 rings (SSSR count). The van der Waals surface area contributed by atoms with Gasteiger partial charge in [0.2, 0.25) is 0 Å². The Morgan fingerprint density at radius 2 is 1.04 bits per heavy atom. The number of aliphatic imine (C=N–C) groups is 1. The molecule has 51 heavy (non-hydrogen) atoms. The van der Waals surface area contributed by atoms with E-state index in [9.17, 15) is 16.8 Å². The van der Waals surface area contributed by atoms with Crippen LogP contribution in [0.3, 0.4) is 0 Å². The first-order chi connectivity index (χ1) is 24.2. The van der Waals surface area contributed by atoms with Crippen LogP contribution >= 0.6 is 0 Å². The maximum atomic E-state index is 12.5. The van der Waals surface area contributed by atoms with Crippen molar-refractivity contribution in [2.24, 2.45) is 4.99 Å². The number of nitrogens with zero attached hydrogens (tertiary/aromatic N) is 3.